The van der Waals surface area contributed by atoms with Crippen LogP contribution >= 0.6 is 11.6 Å². The number of piperidine rings is 1. The number of hydrogen-bond donors (Lipinski definition) is 8. The van der Waals surface area contributed by atoms with Crippen LogP contribution in [0, 0.1) is 11.8 Å². The van der Waals surface area contributed by atoms with E-state index < -0.39 is 126 Å². The molecule has 1 aromatic rings. The minimum absolute atomic E-state index is 0.0185. The number of nitrogens with one attached hydrogen (secondary N) is 5. The number of halogens is 1. The van der Waals surface area contributed by atoms with Crippen LogP contribution in [0.15, 0.2) is 23.2 Å². The van der Waals surface area contributed by atoms with E-state index in [1.807, 2.05) is 13.8 Å². The Morgan fingerprint density at radius 3 is 2.22 bits per heavy atom. The van der Waals surface area contributed by atoms with Gasteiger partial charge in [0.25, 0.3) is 0 Å². The maximum atomic E-state index is 15.1. The summed E-state index contributed by atoms with van der Waals surface area (Å²) in [5.41, 5.74) is 11.5. The van der Waals surface area contributed by atoms with Gasteiger partial charge in [-0.2, -0.15) is 0 Å². The quantitative estimate of drug-likeness (QED) is 0.0392. The number of hydrogen-bond acceptors (Lipinski definition) is 14. The molecule has 2 fully saturated rings. The first kappa shape index (κ1) is 61.1. The summed E-state index contributed by atoms with van der Waals surface area (Å²) in [5.74, 6) is -9.24. The molecule has 2 saturated heterocycles. The number of rotatable bonds is 20. The van der Waals surface area contributed by atoms with Gasteiger partial charge < -0.3 is 67.2 Å². The fraction of sp³-hybridized carbons (Fsp3) is 0.673. The second-order valence-electron chi connectivity index (χ2n) is 18.7. The summed E-state index contributed by atoms with van der Waals surface area (Å²) in [5, 5.41) is 23.4. The number of phenolic OH excluding ortho intramolecular Hbond substituents is 1. The third kappa shape index (κ3) is 17.5. The normalized spacial score (nSPS) is 24.7. The van der Waals surface area contributed by atoms with E-state index in [0.29, 0.717) is 31.2 Å². The van der Waals surface area contributed by atoms with Crippen LogP contribution in [0.1, 0.15) is 118 Å². The summed E-state index contributed by atoms with van der Waals surface area (Å²) < 4.78 is 16.5. The van der Waals surface area contributed by atoms with Gasteiger partial charge in [-0.1, -0.05) is 78.0 Å². The number of fused-ring (bicyclic) bond motifs is 2. The number of cyclic esters (lactones) is 1. The zero-order valence-corrected chi connectivity index (χ0v) is 44.3. The molecule has 24 heteroatoms. The number of carbonyl (C=O) groups is 9. The highest BCUT2D eigenvalue weighted by Gasteiger charge is 2.48. The van der Waals surface area contributed by atoms with Crippen molar-refractivity contribution in [3.63, 3.8) is 0 Å². The Bertz CT molecular complexity index is 2140. The molecule has 3 rings (SSSR count). The van der Waals surface area contributed by atoms with Crippen molar-refractivity contribution in [2.45, 2.75) is 173 Å². The molecule has 11 unspecified atom stereocenters. The lowest BCUT2D eigenvalue weighted by Gasteiger charge is -2.46. The number of benzene rings is 1. The summed E-state index contributed by atoms with van der Waals surface area (Å²) in [6.07, 6.45) is -0.476. The summed E-state index contributed by atoms with van der Waals surface area (Å²) in [6.45, 7) is 10.2. The van der Waals surface area contributed by atoms with E-state index in [2.05, 4.69) is 31.6 Å². The van der Waals surface area contributed by atoms with Gasteiger partial charge in [0.05, 0.1) is 18.6 Å². The number of nitrogens with zero attached hydrogens (tertiary/aromatic N) is 3. The molecule has 73 heavy (non-hydrogen) atoms. The highest BCUT2D eigenvalue weighted by atomic mass is 35.5. The van der Waals surface area contributed by atoms with Crippen LogP contribution in [0.2, 0.25) is 5.02 Å². The predicted molar refractivity (Wildman–Crippen MR) is 269 cm³/mol. The summed E-state index contributed by atoms with van der Waals surface area (Å²) in [4.78, 5) is 135. The molecule has 2 aliphatic heterocycles. The molecule has 23 nitrogen and oxygen atoms in total. The molecular formula is C49H77ClN10O13. The fourth-order valence-corrected chi connectivity index (χ4v) is 8.77. The number of unbranched alkanes of at least 4 members (excludes halogenated alkanes) is 2. The molecule has 0 radical (unpaired) electrons. The van der Waals surface area contributed by atoms with Crippen LogP contribution in [-0.2, 0) is 63.8 Å². The number of nitrogens with two attached hydrogens (primary N) is 2. The molecule has 2 aliphatic rings. The van der Waals surface area contributed by atoms with Gasteiger partial charge in [-0.15, -0.1) is 0 Å². The minimum atomic E-state index is -1.83. The first-order valence-corrected chi connectivity index (χ1v) is 25.3. The standard InChI is InChI=1S/C49H77ClN10O13/c1-10-13-14-17-36(62)54-33(25-38(63)72-9)43(65)58-40-28(6)73-48(70)39(26(4)11-2)57-44(66)34(24-29-18-20-35(61)30(50)23-29)59(7)47(69)41(27(5)12-3)60-37(71-8)21-19-32(46(60)68)56-42(64)31(55-45(40)67)16-15-22-53-49(51)52/h18,20,23,26-28,31-34,37,39-41,61H,10-17,19,21-22,24-25H2,1-9H3,(H,54,62)(H,55,67)(H,56,64)(H,57,66)(H,58,65)(H4,51,52,53). The average Bonchev–Trinajstić information content (AvgIpc) is 3.35. The lowest BCUT2D eigenvalue weighted by atomic mass is 9.91. The largest absolute Gasteiger partial charge is 0.506 e. The van der Waals surface area contributed by atoms with E-state index >= 15 is 4.79 Å². The van der Waals surface area contributed by atoms with Crippen LogP contribution in [0.4, 0.5) is 0 Å². The van der Waals surface area contributed by atoms with E-state index in [1.54, 1.807) is 20.8 Å². The highest BCUT2D eigenvalue weighted by molar-refractivity contribution is 6.32. The Balaban J connectivity index is 2.31. The van der Waals surface area contributed by atoms with Crippen molar-refractivity contribution < 1.29 is 62.5 Å². The Hall–Kier alpha value is -6.23. The van der Waals surface area contributed by atoms with Crippen LogP contribution in [0.3, 0.4) is 0 Å². The highest BCUT2D eigenvalue weighted by Crippen LogP contribution is 2.30. The predicted octanol–water partition coefficient (Wildman–Crippen LogP) is 1.04. The summed E-state index contributed by atoms with van der Waals surface area (Å²) >= 11 is 6.30. The topological polar surface area (TPSA) is 333 Å². The molecule has 0 aromatic heterocycles. The number of amides is 7. The van der Waals surface area contributed by atoms with E-state index in [0.717, 1.165) is 13.5 Å². The van der Waals surface area contributed by atoms with E-state index in [9.17, 15) is 43.5 Å². The second kappa shape index (κ2) is 29.5. The Kier molecular flexibility index (Phi) is 24.6. The lowest BCUT2D eigenvalue weighted by molar-refractivity contribution is -0.171. The van der Waals surface area contributed by atoms with E-state index in [-0.39, 0.29) is 61.8 Å². The molecule has 2 bridgehead atoms. The van der Waals surface area contributed by atoms with Crippen molar-refractivity contribution in [1.29, 1.82) is 0 Å². The minimum Gasteiger partial charge on any atom is -0.506 e. The summed E-state index contributed by atoms with van der Waals surface area (Å²) in [7, 11) is 3.86. The van der Waals surface area contributed by atoms with Crippen molar-refractivity contribution >= 4 is 70.8 Å². The maximum absolute atomic E-state index is 15.1. The van der Waals surface area contributed by atoms with Gasteiger partial charge in [0.15, 0.2) is 5.96 Å². The number of guanidine groups is 1. The SMILES string of the molecule is CCCCCC(=O)NC(CC(=O)OC)C(=O)NC1C(=O)NC(CCCN=C(N)N)C(=O)NC2CCC(OC)N(C2=O)C(C(C)CC)C(=O)N(C)C(Cc2ccc(O)c(Cl)c2)C(=O)NC(C(C)CC)C(=O)OC1C. The molecule has 408 valence electrons. The number of likely N-dealkylation sites (N-methyl/N-ethyl adjacent to an activating group) is 1. The fourth-order valence-electron chi connectivity index (χ4n) is 8.56. The molecule has 0 saturated carbocycles. The van der Waals surface area contributed by atoms with Gasteiger partial charge in [0, 0.05) is 33.5 Å². The molecule has 0 spiro atoms. The zero-order chi connectivity index (χ0) is 54.7. The first-order valence-electron chi connectivity index (χ1n) is 25.0. The molecule has 2 heterocycles. The van der Waals surface area contributed by atoms with E-state index in [1.165, 1.54) is 49.1 Å². The van der Waals surface area contributed by atoms with Crippen LogP contribution in [-0.4, -0.2) is 157 Å². The van der Waals surface area contributed by atoms with Gasteiger partial charge >= 0.3 is 11.9 Å². The Morgan fingerprint density at radius 2 is 1.62 bits per heavy atom. The van der Waals surface area contributed by atoms with Crippen molar-refractivity contribution in [1.82, 2.24) is 36.4 Å². The number of ether oxygens (including phenoxy) is 3. The first-order chi connectivity index (χ1) is 34.5. The lowest BCUT2D eigenvalue weighted by Crippen LogP contribution is -2.66. The number of aliphatic imine (C=N–C) groups is 1. The van der Waals surface area contributed by atoms with Gasteiger partial charge in [-0.05, 0) is 68.6 Å². The number of aromatic hydroxyl groups is 1. The van der Waals surface area contributed by atoms with Crippen molar-refractivity contribution in [3.05, 3.63) is 28.8 Å². The third-order valence-corrected chi connectivity index (χ3v) is 13.7. The molecule has 11 atom stereocenters. The number of carbonyl (C=O) groups excluding carboxylic acids is 9. The monoisotopic (exact) mass is 1050 g/mol. The maximum Gasteiger partial charge on any atom is 0.329 e. The number of esters is 2. The number of methoxy groups -OCH3 is 2. The van der Waals surface area contributed by atoms with Crippen molar-refractivity contribution in [2.24, 2.45) is 28.3 Å². The van der Waals surface area contributed by atoms with Crippen LogP contribution in [0.5, 0.6) is 5.75 Å². The zero-order valence-electron chi connectivity index (χ0n) is 43.5. The molecular weight excluding hydrogens is 972 g/mol. The van der Waals surface area contributed by atoms with Crippen molar-refractivity contribution in [2.75, 3.05) is 27.8 Å². The Labute approximate surface area is 432 Å². The van der Waals surface area contributed by atoms with Gasteiger partial charge in [-0.3, -0.25) is 43.3 Å². The smallest absolute Gasteiger partial charge is 0.329 e. The summed E-state index contributed by atoms with van der Waals surface area (Å²) in [6, 6.07) is -5.94. The van der Waals surface area contributed by atoms with E-state index in [4.69, 9.17) is 37.3 Å². The Morgan fingerprint density at radius 1 is 0.932 bits per heavy atom. The van der Waals surface area contributed by atoms with Crippen molar-refractivity contribution in [3.8, 4) is 5.75 Å². The van der Waals surface area contributed by atoms with Gasteiger partial charge in [-0.25, -0.2) is 4.79 Å². The third-order valence-electron chi connectivity index (χ3n) is 13.4. The van der Waals surface area contributed by atoms with Gasteiger partial charge in [0.2, 0.25) is 41.4 Å². The second-order valence-corrected chi connectivity index (χ2v) is 19.1. The number of phenols is 1. The van der Waals surface area contributed by atoms with Crippen LogP contribution in [0.25, 0.3) is 0 Å². The molecule has 1 aromatic carbocycles. The van der Waals surface area contributed by atoms with Crippen LogP contribution < -0.4 is 38.1 Å². The molecule has 10 N–H and O–H groups in total. The average molecular weight is 1050 g/mol. The van der Waals surface area contributed by atoms with Gasteiger partial charge in [0.1, 0.15) is 60.4 Å². The molecule has 0 aliphatic carbocycles. The molecule has 7 amide bonds.